The maximum atomic E-state index is 9.74. The zero-order valence-electron chi connectivity index (χ0n) is 16.2. The quantitative estimate of drug-likeness (QED) is 0.563. The summed E-state index contributed by atoms with van der Waals surface area (Å²) in [7, 11) is 2.15. The number of phenols is 1. The smallest absolute Gasteiger partial charge is 0.182 e. The number of phenolic OH excluding ortho intramolecular Hbond substituents is 1. The van der Waals surface area contributed by atoms with E-state index in [1.807, 2.05) is 30.5 Å². The van der Waals surface area contributed by atoms with Crippen LogP contribution in [0.1, 0.15) is 0 Å². The van der Waals surface area contributed by atoms with E-state index in [1.54, 1.807) is 12.1 Å². The van der Waals surface area contributed by atoms with Crippen LogP contribution in [0.2, 0.25) is 0 Å². The summed E-state index contributed by atoms with van der Waals surface area (Å²) in [6.45, 7) is 4.11. The van der Waals surface area contributed by atoms with Crippen molar-refractivity contribution in [3.8, 4) is 28.3 Å². The number of pyridine rings is 2. The van der Waals surface area contributed by atoms with Gasteiger partial charge in [0.15, 0.2) is 5.65 Å². The molecule has 146 valence electrons. The zero-order chi connectivity index (χ0) is 19.8. The van der Waals surface area contributed by atoms with Crippen LogP contribution >= 0.6 is 0 Å². The third-order valence-electron chi connectivity index (χ3n) is 5.42. The Hall–Kier alpha value is -3.45. The minimum atomic E-state index is 0.223. The molecular formula is C22H22N6O. The molecule has 1 aromatic carbocycles. The highest BCUT2D eigenvalue weighted by Crippen LogP contribution is 2.29. The van der Waals surface area contributed by atoms with Gasteiger partial charge in [-0.25, -0.2) is 9.97 Å². The number of likely N-dealkylation sites (N-methyl/N-ethyl adjacent to an activating group) is 1. The van der Waals surface area contributed by atoms with Gasteiger partial charge >= 0.3 is 0 Å². The lowest BCUT2D eigenvalue weighted by Crippen LogP contribution is -2.44. The highest BCUT2D eigenvalue weighted by Gasteiger charge is 2.16. The average molecular weight is 386 g/mol. The Morgan fingerprint density at radius 2 is 1.83 bits per heavy atom. The molecule has 5 rings (SSSR count). The summed E-state index contributed by atoms with van der Waals surface area (Å²) >= 11 is 0. The van der Waals surface area contributed by atoms with Gasteiger partial charge in [0.05, 0.1) is 11.4 Å². The number of nitrogens with one attached hydrogen (secondary N) is 1. The van der Waals surface area contributed by atoms with Crippen LogP contribution in [0.25, 0.3) is 33.5 Å². The summed E-state index contributed by atoms with van der Waals surface area (Å²) in [6, 6.07) is 15.2. The van der Waals surface area contributed by atoms with Crippen LogP contribution in [0.4, 0.5) is 5.82 Å². The number of aromatic amines is 1. The van der Waals surface area contributed by atoms with Gasteiger partial charge in [-0.15, -0.1) is 0 Å². The largest absolute Gasteiger partial charge is 0.508 e. The summed E-state index contributed by atoms with van der Waals surface area (Å²) in [5, 5.41) is 18.1. The Balaban J connectivity index is 1.42. The third-order valence-corrected chi connectivity index (χ3v) is 5.42. The third kappa shape index (κ3) is 3.40. The zero-order valence-corrected chi connectivity index (χ0v) is 16.2. The normalized spacial score (nSPS) is 15.1. The van der Waals surface area contributed by atoms with Gasteiger partial charge in [-0.3, -0.25) is 5.10 Å². The van der Waals surface area contributed by atoms with Crippen molar-refractivity contribution in [2.24, 2.45) is 0 Å². The second-order valence-electron chi connectivity index (χ2n) is 7.41. The van der Waals surface area contributed by atoms with E-state index in [2.05, 4.69) is 44.2 Å². The van der Waals surface area contributed by atoms with Crippen LogP contribution in [-0.2, 0) is 0 Å². The lowest BCUT2D eigenvalue weighted by molar-refractivity contribution is 0.312. The van der Waals surface area contributed by atoms with Crippen LogP contribution in [0.3, 0.4) is 0 Å². The van der Waals surface area contributed by atoms with Crippen molar-refractivity contribution in [1.29, 1.82) is 0 Å². The number of nitrogens with zero attached hydrogens (tertiary/aromatic N) is 5. The highest BCUT2D eigenvalue weighted by molar-refractivity contribution is 5.92. The topological polar surface area (TPSA) is 81.2 Å². The van der Waals surface area contributed by atoms with Crippen molar-refractivity contribution < 1.29 is 5.11 Å². The first-order valence-corrected chi connectivity index (χ1v) is 9.72. The molecule has 0 aliphatic carbocycles. The van der Waals surface area contributed by atoms with Gasteiger partial charge in [-0.1, -0.05) is 12.1 Å². The summed E-state index contributed by atoms with van der Waals surface area (Å²) in [6.07, 6.45) is 1.88. The number of aromatic hydroxyl groups is 1. The number of fused-ring (bicyclic) bond motifs is 1. The van der Waals surface area contributed by atoms with E-state index in [0.717, 1.165) is 59.9 Å². The van der Waals surface area contributed by atoms with Gasteiger partial charge in [0.1, 0.15) is 11.6 Å². The maximum absolute atomic E-state index is 9.74. The molecule has 0 bridgehead atoms. The van der Waals surface area contributed by atoms with E-state index in [-0.39, 0.29) is 5.75 Å². The first-order chi connectivity index (χ1) is 14.2. The molecule has 4 aromatic rings. The molecule has 0 radical (unpaired) electrons. The minimum absolute atomic E-state index is 0.223. The predicted molar refractivity (Wildman–Crippen MR) is 114 cm³/mol. The van der Waals surface area contributed by atoms with Crippen molar-refractivity contribution in [2.45, 2.75) is 0 Å². The molecule has 0 saturated carbocycles. The fourth-order valence-electron chi connectivity index (χ4n) is 3.70. The van der Waals surface area contributed by atoms with E-state index in [9.17, 15) is 5.11 Å². The molecule has 2 N–H and O–H groups in total. The molecular weight excluding hydrogens is 364 g/mol. The summed E-state index contributed by atoms with van der Waals surface area (Å²) in [4.78, 5) is 14.0. The molecule has 3 aromatic heterocycles. The van der Waals surface area contributed by atoms with E-state index >= 15 is 0 Å². The molecule has 7 heteroatoms. The lowest BCUT2D eigenvalue weighted by atomic mass is 10.1. The fourth-order valence-corrected chi connectivity index (χ4v) is 3.70. The van der Waals surface area contributed by atoms with Gasteiger partial charge < -0.3 is 14.9 Å². The number of H-pyrrole nitrogens is 1. The lowest BCUT2D eigenvalue weighted by Gasteiger charge is -2.33. The summed E-state index contributed by atoms with van der Waals surface area (Å²) < 4.78 is 0. The number of hydrogen-bond acceptors (Lipinski definition) is 6. The number of aromatic nitrogens is 4. The van der Waals surface area contributed by atoms with Crippen molar-refractivity contribution in [3.05, 3.63) is 54.7 Å². The molecule has 1 aliphatic heterocycles. The molecule has 0 atom stereocenters. The Morgan fingerprint density at radius 1 is 0.966 bits per heavy atom. The van der Waals surface area contributed by atoms with Gasteiger partial charge in [0.25, 0.3) is 0 Å². The molecule has 1 aliphatic rings. The maximum Gasteiger partial charge on any atom is 0.182 e. The molecule has 0 unspecified atom stereocenters. The van der Waals surface area contributed by atoms with Crippen molar-refractivity contribution in [2.75, 3.05) is 38.1 Å². The second kappa shape index (κ2) is 7.18. The van der Waals surface area contributed by atoms with Gasteiger partial charge in [-0.05, 0) is 43.4 Å². The molecule has 1 saturated heterocycles. The van der Waals surface area contributed by atoms with Crippen molar-refractivity contribution in [3.63, 3.8) is 0 Å². The highest BCUT2D eigenvalue weighted by atomic mass is 16.3. The number of anilines is 1. The standard InChI is InChI=1S/C22H22N6O/c1-27-9-11-28(12-10-27)20-8-5-16(14-23-20)19-7-6-18-21(25-26-22(18)24-19)15-3-2-4-17(29)13-15/h2-8,13-14,29H,9-12H2,1H3,(H,24,25,26). The van der Waals surface area contributed by atoms with E-state index in [4.69, 9.17) is 4.98 Å². The second-order valence-corrected chi connectivity index (χ2v) is 7.41. The minimum Gasteiger partial charge on any atom is -0.508 e. The Kier molecular flexibility index (Phi) is 4.37. The molecule has 29 heavy (non-hydrogen) atoms. The van der Waals surface area contributed by atoms with E-state index in [1.165, 1.54) is 0 Å². The van der Waals surface area contributed by atoms with Gasteiger partial charge in [0.2, 0.25) is 0 Å². The number of hydrogen-bond donors (Lipinski definition) is 2. The van der Waals surface area contributed by atoms with Crippen LogP contribution in [0.5, 0.6) is 5.75 Å². The number of benzene rings is 1. The first kappa shape index (κ1) is 17.6. The monoisotopic (exact) mass is 386 g/mol. The predicted octanol–water partition coefficient (Wildman–Crippen LogP) is 3.14. The molecule has 4 heterocycles. The Labute approximate surface area is 168 Å². The van der Waals surface area contributed by atoms with Gasteiger partial charge in [0, 0.05) is 48.9 Å². The molecule has 7 nitrogen and oxygen atoms in total. The average Bonchev–Trinajstić information content (AvgIpc) is 3.18. The van der Waals surface area contributed by atoms with Crippen molar-refractivity contribution in [1.82, 2.24) is 25.1 Å². The first-order valence-electron chi connectivity index (χ1n) is 9.72. The van der Waals surface area contributed by atoms with Crippen LogP contribution in [-0.4, -0.2) is 63.4 Å². The SMILES string of the molecule is CN1CCN(c2ccc(-c3ccc4c(-c5cccc(O)c5)[nH]nc4n3)cn2)CC1. The molecule has 0 spiro atoms. The van der Waals surface area contributed by atoms with Gasteiger partial charge in [-0.2, -0.15) is 5.10 Å². The Morgan fingerprint density at radius 3 is 2.59 bits per heavy atom. The summed E-state index contributed by atoms with van der Waals surface area (Å²) in [5.74, 6) is 1.23. The van der Waals surface area contributed by atoms with E-state index in [0.29, 0.717) is 5.65 Å². The van der Waals surface area contributed by atoms with E-state index < -0.39 is 0 Å². The summed E-state index contributed by atoms with van der Waals surface area (Å²) in [5.41, 5.74) is 4.17. The molecule has 1 fully saturated rings. The molecule has 0 amide bonds. The van der Waals surface area contributed by atoms with Crippen LogP contribution in [0, 0.1) is 0 Å². The van der Waals surface area contributed by atoms with Crippen molar-refractivity contribution >= 4 is 16.9 Å². The number of piperazine rings is 1. The number of rotatable bonds is 3. The Bertz CT molecular complexity index is 1150. The fraction of sp³-hybridized carbons (Fsp3) is 0.227. The van der Waals surface area contributed by atoms with Crippen LogP contribution in [0.15, 0.2) is 54.7 Å². The van der Waals surface area contributed by atoms with Crippen LogP contribution < -0.4 is 4.90 Å².